The monoisotopic (exact) mass is 358 g/mol. The molecule has 8 nitrogen and oxygen atoms in total. The van der Waals surface area contributed by atoms with Gasteiger partial charge >= 0.3 is 0 Å². The number of rotatable bonds is 4. The Hall–Kier alpha value is -2.19. The highest BCUT2D eigenvalue weighted by atomic mass is 16.5. The predicted octanol–water partition coefficient (Wildman–Crippen LogP) is 1.62. The zero-order valence-corrected chi connectivity index (χ0v) is 15.6. The molecule has 2 saturated heterocycles. The highest BCUT2D eigenvalue weighted by Crippen LogP contribution is 2.36. The van der Waals surface area contributed by atoms with E-state index >= 15 is 0 Å². The van der Waals surface area contributed by atoms with Gasteiger partial charge in [0.1, 0.15) is 23.8 Å². The van der Waals surface area contributed by atoms with Crippen molar-refractivity contribution >= 4 is 11.6 Å². The van der Waals surface area contributed by atoms with Crippen LogP contribution in [0.3, 0.4) is 0 Å². The van der Waals surface area contributed by atoms with Crippen LogP contribution < -0.4 is 9.80 Å². The van der Waals surface area contributed by atoms with Crippen molar-refractivity contribution in [3.63, 3.8) is 0 Å². The number of H-pyrrole nitrogens is 1. The molecule has 0 amide bonds. The van der Waals surface area contributed by atoms with E-state index in [0.29, 0.717) is 0 Å². The van der Waals surface area contributed by atoms with Gasteiger partial charge in [-0.1, -0.05) is 0 Å². The summed E-state index contributed by atoms with van der Waals surface area (Å²) in [5, 5.41) is 0. The Morgan fingerprint density at radius 3 is 2.65 bits per heavy atom. The van der Waals surface area contributed by atoms with Crippen LogP contribution >= 0.6 is 0 Å². The number of aryl methyl sites for hydroxylation is 2. The van der Waals surface area contributed by atoms with Gasteiger partial charge < -0.3 is 24.3 Å². The quantitative estimate of drug-likeness (QED) is 0.889. The maximum absolute atomic E-state index is 5.64. The molecule has 0 spiro atoms. The maximum Gasteiger partial charge on any atom is 0.134 e. The molecule has 4 rings (SSSR count). The molecule has 0 saturated carbocycles. The number of methoxy groups -OCH3 is 1. The van der Waals surface area contributed by atoms with Crippen molar-refractivity contribution in [1.82, 2.24) is 19.9 Å². The van der Waals surface area contributed by atoms with Crippen LogP contribution in [-0.2, 0) is 9.47 Å². The summed E-state index contributed by atoms with van der Waals surface area (Å²) in [7, 11) is 1.77. The van der Waals surface area contributed by atoms with E-state index in [1.54, 1.807) is 13.4 Å². The van der Waals surface area contributed by atoms with Crippen LogP contribution in [0.15, 0.2) is 12.4 Å². The van der Waals surface area contributed by atoms with E-state index < -0.39 is 0 Å². The van der Waals surface area contributed by atoms with Crippen molar-refractivity contribution in [3.8, 4) is 0 Å². The molecule has 26 heavy (non-hydrogen) atoms. The number of nitrogens with one attached hydrogen (secondary N) is 1. The van der Waals surface area contributed by atoms with Crippen LogP contribution in [0.2, 0.25) is 0 Å². The van der Waals surface area contributed by atoms with Gasteiger partial charge in [-0.25, -0.2) is 15.0 Å². The number of aromatic amines is 1. The van der Waals surface area contributed by atoms with E-state index in [4.69, 9.17) is 14.5 Å². The highest BCUT2D eigenvalue weighted by molar-refractivity contribution is 5.52. The van der Waals surface area contributed by atoms with Crippen LogP contribution in [0.5, 0.6) is 0 Å². The Balaban J connectivity index is 1.63. The van der Waals surface area contributed by atoms with Crippen molar-refractivity contribution in [2.24, 2.45) is 0 Å². The molecule has 0 aromatic carbocycles. The Labute approximate surface area is 153 Å². The van der Waals surface area contributed by atoms with Gasteiger partial charge in [0.15, 0.2) is 0 Å². The molecule has 2 aromatic rings. The molecule has 2 aromatic heterocycles. The van der Waals surface area contributed by atoms with Crippen molar-refractivity contribution < 1.29 is 9.47 Å². The summed E-state index contributed by atoms with van der Waals surface area (Å²) in [5.74, 6) is 2.84. The molecule has 1 N–H and O–H groups in total. The Kier molecular flexibility index (Phi) is 4.78. The number of hydrogen-bond acceptors (Lipinski definition) is 7. The average molecular weight is 358 g/mol. The molecule has 0 unspecified atom stereocenters. The van der Waals surface area contributed by atoms with Crippen LogP contribution in [0.4, 0.5) is 11.6 Å². The number of anilines is 2. The fraction of sp³-hybridized carbons (Fsp3) is 0.611. The molecule has 4 heterocycles. The molecule has 140 valence electrons. The largest absolute Gasteiger partial charge is 0.380 e. The van der Waals surface area contributed by atoms with Gasteiger partial charge in [-0.2, -0.15) is 0 Å². The van der Waals surface area contributed by atoms with Gasteiger partial charge in [0, 0.05) is 44.9 Å². The molecule has 2 atom stereocenters. The zero-order chi connectivity index (χ0) is 18.1. The van der Waals surface area contributed by atoms with Gasteiger partial charge in [-0.05, 0) is 13.8 Å². The molecule has 0 radical (unpaired) electrons. The van der Waals surface area contributed by atoms with E-state index in [0.717, 1.165) is 68.1 Å². The predicted molar refractivity (Wildman–Crippen MR) is 98.6 cm³/mol. The summed E-state index contributed by atoms with van der Waals surface area (Å²) >= 11 is 0. The third kappa shape index (κ3) is 3.26. The lowest BCUT2D eigenvalue weighted by atomic mass is 10.2. The minimum absolute atomic E-state index is 0.125. The second kappa shape index (κ2) is 7.20. The number of imidazole rings is 1. The van der Waals surface area contributed by atoms with Crippen molar-refractivity contribution in [2.45, 2.75) is 32.4 Å². The van der Waals surface area contributed by atoms with E-state index in [1.165, 1.54) is 0 Å². The first-order valence-electron chi connectivity index (χ1n) is 9.13. The third-order valence-electron chi connectivity index (χ3n) is 5.33. The van der Waals surface area contributed by atoms with Gasteiger partial charge in [0.05, 0.1) is 31.1 Å². The topological polar surface area (TPSA) is 79.4 Å². The number of morpholine rings is 1. The lowest BCUT2D eigenvalue weighted by molar-refractivity contribution is 0.118. The summed E-state index contributed by atoms with van der Waals surface area (Å²) in [4.78, 5) is 21.7. The average Bonchev–Trinajstić information content (AvgIpc) is 3.26. The van der Waals surface area contributed by atoms with Gasteiger partial charge in [-0.3, -0.25) is 0 Å². The van der Waals surface area contributed by atoms with E-state index in [1.807, 2.05) is 6.92 Å². The minimum Gasteiger partial charge on any atom is -0.380 e. The summed E-state index contributed by atoms with van der Waals surface area (Å²) in [6, 6.07) is 2.19. The normalized spacial score (nSPS) is 23.7. The first-order valence-corrected chi connectivity index (χ1v) is 9.13. The molecule has 2 aliphatic rings. The maximum atomic E-state index is 5.64. The summed E-state index contributed by atoms with van der Waals surface area (Å²) < 4.78 is 11.1. The Morgan fingerprint density at radius 2 is 1.96 bits per heavy atom. The van der Waals surface area contributed by atoms with Crippen molar-refractivity contribution in [2.75, 3.05) is 49.8 Å². The number of ether oxygens (including phenoxy) is 2. The molecule has 2 fully saturated rings. The first kappa shape index (κ1) is 17.2. The Bertz CT molecular complexity index is 738. The van der Waals surface area contributed by atoms with Gasteiger partial charge in [0.2, 0.25) is 0 Å². The van der Waals surface area contributed by atoms with Crippen LogP contribution in [0.25, 0.3) is 0 Å². The molecule has 0 bridgehead atoms. The lowest BCUT2D eigenvalue weighted by Gasteiger charge is -2.29. The van der Waals surface area contributed by atoms with Gasteiger partial charge in [-0.15, -0.1) is 0 Å². The molecule has 8 heteroatoms. The molecule has 0 aliphatic carbocycles. The zero-order valence-electron chi connectivity index (χ0n) is 15.6. The molecular formula is C18H26N6O2. The van der Waals surface area contributed by atoms with E-state index in [-0.39, 0.29) is 12.1 Å². The molecule has 2 aliphatic heterocycles. The fourth-order valence-corrected chi connectivity index (χ4v) is 3.67. The lowest BCUT2D eigenvalue weighted by Crippen LogP contribution is -2.37. The van der Waals surface area contributed by atoms with Crippen LogP contribution in [0.1, 0.15) is 29.7 Å². The van der Waals surface area contributed by atoms with Crippen molar-refractivity contribution in [3.05, 3.63) is 29.6 Å². The van der Waals surface area contributed by atoms with Crippen molar-refractivity contribution in [1.29, 1.82) is 0 Å². The number of hydrogen-bond donors (Lipinski definition) is 1. The SMILES string of the molecule is CO[C@@H]1C[C@@H](c2nc(C)c(C)[nH]2)N(c2cc(N3CCOCC3)ncn2)C1. The van der Waals surface area contributed by atoms with Crippen LogP contribution in [0, 0.1) is 13.8 Å². The number of nitrogens with zero attached hydrogens (tertiary/aromatic N) is 5. The standard InChI is InChI=1S/C18H26N6O2/c1-12-13(2)22-18(21-12)15-8-14(25-3)10-24(15)17-9-16(19-11-20-17)23-4-6-26-7-5-23/h9,11,14-15H,4-8,10H2,1-3H3,(H,21,22)/t14-,15+/m1/s1. The summed E-state index contributed by atoms with van der Waals surface area (Å²) in [6.45, 7) is 8.07. The number of aromatic nitrogens is 4. The second-order valence-corrected chi connectivity index (χ2v) is 6.93. The fourth-order valence-electron chi connectivity index (χ4n) is 3.67. The summed E-state index contributed by atoms with van der Waals surface area (Å²) in [5.41, 5.74) is 2.15. The van der Waals surface area contributed by atoms with E-state index in [9.17, 15) is 0 Å². The minimum atomic E-state index is 0.125. The molecular weight excluding hydrogens is 332 g/mol. The van der Waals surface area contributed by atoms with Gasteiger partial charge in [0.25, 0.3) is 0 Å². The Morgan fingerprint density at radius 1 is 1.19 bits per heavy atom. The van der Waals surface area contributed by atoms with E-state index in [2.05, 4.69) is 37.7 Å². The van der Waals surface area contributed by atoms with Crippen LogP contribution in [-0.4, -0.2) is 66.0 Å². The highest BCUT2D eigenvalue weighted by Gasteiger charge is 2.36. The summed E-state index contributed by atoms with van der Waals surface area (Å²) in [6.07, 6.45) is 2.70. The first-order chi connectivity index (χ1) is 12.7. The second-order valence-electron chi connectivity index (χ2n) is 6.93. The third-order valence-corrected chi connectivity index (χ3v) is 5.33. The smallest absolute Gasteiger partial charge is 0.134 e.